The molecule has 0 saturated heterocycles. The highest BCUT2D eigenvalue weighted by Crippen LogP contribution is 2.32. The first-order valence-corrected chi connectivity index (χ1v) is 10.4. The first-order chi connectivity index (χ1) is 15.8. The minimum atomic E-state index is -0.740. The number of hydrogen-bond donors (Lipinski definition) is 2. The van der Waals surface area contributed by atoms with Crippen LogP contribution in [-0.2, 0) is 24.3 Å². The number of fused-ring (bicyclic) bond motifs is 1. The number of primary amides is 1. The molecule has 1 aromatic heterocycles. The van der Waals surface area contributed by atoms with Gasteiger partial charge in [-0.1, -0.05) is 35.9 Å². The van der Waals surface area contributed by atoms with Crippen molar-refractivity contribution in [3.8, 4) is 11.3 Å². The molecule has 168 valence electrons. The van der Waals surface area contributed by atoms with Crippen molar-refractivity contribution < 1.29 is 19.1 Å². The molecule has 2 heterocycles. The predicted molar refractivity (Wildman–Crippen MR) is 119 cm³/mol. The van der Waals surface area contributed by atoms with Gasteiger partial charge in [-0.25, -0.2) is 9.24 Å². The molecule has 0 bridgehead atoms. The molecular weight excluding hydrogens is 449 g/mol. The van der Waals surface area contributed by atoms with Crippen LogP contribution in [0.15, 0.2) is 42.5 Å². The van der Waals surface area contributed by atoms with Gasteiger partial charge in [0.2, 0.25) is 5.91 Å². The van der Waals surface area contributed by atoms with E-state index in [1.807, 2.05) is 0 Å². The molecule has 3 aromatic rings. The number of amides is 2. The average Bonchev–Trinajstić information content (AvgIpc) is 3.19. The fourth-order valence-corrected chi connectivity index (χ4v) is 4.09. The molecule has 0 spiro atoms. The van der Waals surface area contributed by atoms with Crippen LogP contribution >= 0.6 is 11.6 Å². The van der Waals surface area contributed by atoms with Crippen LogP contribution in [0.3, 0.4) is 0 Å². The van der Waals surface area contributed by atoms with Crippen molar-refractivity contribution in [2.45, 2.75) is 25.6 Å². The lowest BCUT2D eigenvalue weighted by molar-refractivity contribution is -0.136. The van der Waals surface area contributed by atoms with Crippen molar-refractivity contribution in [3.63, 3.8) is 0 Å². The van der Waals surface area contributed by atoms with Gasteiger partial charge in [0.25, 0.3) is 5.91 Å². The van der Waals surface area contributed by atoms with E-state index in [9.17, 15) is 19.1 Å². The molecule has 4 rings (SSSR count). The molecule has 0 aliphatic carbocycles. The second-order valence-corrected chi connectivity index (χ2v) is 8.07. The van der Waals surface area contributed by atoms with Gasteiger partial charge in [0.15, 0.2) is 5.69 Å². The van der Waals surface area contributed by atoms with E-state index in [1.165, 1.54) is 23.1 Å². The molecule has 10 heteroatoms. The molecule has 0 fully saturated rings. The van der Waals surface area contributed by atoms with Crippen molar-refractivity contribution in [2.75, 3.05) is 6.61 Å². The van der Waals surface area contributed by atoms with E-state index >= 15 is 0 Å². The number of carbonyl (C=O) groups excluding carboxylic acids is 2. The summed E-state index contributed by atoms with van der Waals surface area (Å²) in [5.74, 6) is -1.60. The maximum absolute atomic E-state index is 13.6. The number of nitrogens with zero attached hydrogens (tertiary/aromatic N) is 4. The number of halogens is 2. The summed E-state index contributed by atoms with van der Waals surface area (Å²) in [4.78, 5) is 30.3. The van der Waals surface area contributed by atoms with E-state index in [-0.39, 0.29) is 48.3 Å². The summed E-state index contributed by atoms with van der Waals surface area (Å²) >= 11 is 5.90. The summed E-state index contributed by atoms with van der Waals surface area (Å²) in [6, 6.07) is 10.1. The smallest absolute Gasteiger partial charge is 0.252 e. The Hall–Kier alpha value is -3.74. The summed E-state index contributed by atoms with van der Waals surface area (Å²) in [5.41, 5.74) is 8.04. The van der Waals surface area contributed by atoms with Gasteiger partial charge in [-0.15, -0.1) is 0 Å². The first kappa shape index (κ1) is 22.5. The minimum Gasteiger partial charge on any atom is -0.394 e. The van der Waals surface area contributed by atoms with Crippen LogP contribution in [0.2, 0.25) is 5.02 Å². The van der Waals surface area contributed by atoms with Crippen molar-refractivity contribution >= 4 is 29.1 Å². The van der Waals surface area contributed by atoms with Gasteiger partial charge in [-0.2, -0.15) is 5.10 Å². The predicted octanol–water partition coefficient (Wildman–Crippen LogP) is 2.94. The molecule has 33 heavy (non-hydrogen) atoms. The second kappa shape index (κ2) is 9.02. The molecular formula is C23H19ClFN5O3. The number of benzene rings is 2. The van der Waals surface area contributed by atoms with Crippen LogP contribution in [0.5, 0.6) is 0 Å². The topological polar surface area (TPSA) is 106 Å². The maximum atomic E-state index is 13.6. The zero-order chi connectivity index (χ0) is 23.7. The minimum absolute atomic E-state index is 0.0183. The van der Waals surface area contributed by atoms with E-state index in [0.29, 0.717) is 16.9 Å². The highest BCUT2D eigenvalue weighted by Gasteiger charge is 2.34. The van der Waals surface area contributed by atoms with E-state index in [0.717, 1.165) is 5.56 Å². The lowest BCUT2D eigenvalue weighted by Crippen LogP contribution is -2.49. The summed E-state index contributed by atoms with van der Waals surface area (Å²) in [6.45, 7) is 6.90. The molecule has 1 aliphatic rings. The standard InChI is InChI=1S/C23H19ClFN5O3/c1-27-15-5-2-13(3-6-15)8-20(32)29-11-19-21(23(26)33)22(28-30(19)10-16(29)12-31)14-4-7-18(25)17(24)9-14/h2-7,9,16,31H,8,10-12H2,(H2,26,33). The van der Waals surface area contributed by atoms with Gasteiger partial charge in [-0.05, 0) is 23.8 Å². The molecule has 1 atom stereocenters. The Morgan fingerprint density at radius 3 is 2.61 bits per heavy atom. The van der Waals surface area contributed by atoms with Crippen LogP contribution in [0.1, 0.15) is 21.6 Å². The van der Waals surface area contributed by atoms with Gasteiger partial charge in [0, 0.05) is 5.56 Å². The Morgan fingerprint density at radius 2 is 2.00 bits per heavy atom. The third-order valence-corrected chi connectivity index (χ3v) is 5.88. The molecule has 8 nitrogen and oxygen atoms in total. The van der Waals surface area contributed by atoms with Gasteiger partial charge >= 0.3 is 0 Å². The zero-order valence-electron chi connectivity index (χ0n) is 17.3. The highest BCUT2D eigenvalue weighted by atomic mass is 35.5. The summed E-state index contributed by atoms with van der Waals surface area (Å²) < 4.78 is 15.2. The third-order valence-electron chi connectivity index (χ3n) is 5.59. The van der Waals surface area contributed by atoms with Crippen LogP contribution in [0.25, 0.3) is 16.1 Å². The second-order valence-electron chi connectivity index (χ2n) is 7.66. The Morgan fingerprint density at radius 1 is 1.27 bits per heavy atom. The molecule has 2 amide bonds. The summed E-state index contributed by atoms with van der Waals surface area (Å²) in [7, 11) is 0. The summed E-state index contributed by atoms with van der Waals surface area (Å²) in [6.07, 6.45) is 0.0647. The monoisotopic (exact) mass is 467 g/mol. The number of nitrogens with two attached hydrogens (primary N) is 1. The number of aromatic nitrogens is 2. The SMILES string of the molecule is [C-]#[N+]c1ccc(CC(=O)N2Cc3c(C(N)=O)c(-c4ccc(F)c(Cl)c4)nn3CC2CO)cc1. The quantitative estimate of drug-likeness (QED) is 0.563. The third kappa shape index (κ3) is 4.31. The molecule has 0 radical (unpaired) electrons. The van der Waals surface area contributed by atoms with E-state index in [2.05, 4.69) is 9.94 Å². The number of aliphatic hydroxyl groups excluding tert-OH is 1. The molecule has 2 aromatic carbocycles. The number of hydrogen-bond acceptors (Lipinski definition) is 4. The van der Waals surface area contributed by atoms with Crippen LogP contribution in [0.4, 0.5) is 10.1 Å². The zero-order valence-corrected chi connectivity index (χ0v) is 18.1. The first-order valence-electron chi connectivity index (χ1n) is 10.0. The van der Waals surface area contributed by atoms with Gasteiger partial charge < -0.3 is 15.7 Å². The number of carbonyl (C=O) groups is 2. The number of rotatable bonds is 5. The Kier molecular flexibility index (Phi) is 6.14. The Bertz CT molecular complexity index is 1280. The highest BCUT2D eigenvalue weighted by molar-refractivity contribution is 6.31. The normalized spacial score (nSPS) is 15.1. The van der Waals surface area contributed by atoms with Crippen molar-refractivity contribution in [3.05, 3.63) is 81.5 Å². The lowest BCUT2D eigenvalue weighted by Gasteiger charge is -2.35. The fourth-order valence-electron chi connectivity index (χ4n) is 3.91. The Labute approximate surface area is 193 Å². The van der Waals surface area contributed by atoms with Crippen LogP contribution in [-0.4, -0.2) is 44.3 Å². The van der Waals surface area contributed by atoms with Crippen molar-refractivity contribution in [1.29, 1.82) is 0 Å². The van der Waals surface area contributed by atoms with Crippen molar-refractivity contribution in [2.24, 2.45) is 5.73 Å². The maximum Gasteiger partial charge on any atom is 0.252 e. The van der Waals surface area contributed by atoms with E-state index in [4.69, 9.17) is 23.9 Å². The lowest BCUT2D eigenvalue weighted by atomic mass is 10.0. The van der Waals surface area contributed by atoms with Crippen LogP contribution < -0.4 is 5.73 Å². The molecule has 0 saturated carbocycles. The largest absolute Gasteiger partial charge is 0.394 e. The summed E-state index contributed by atoms with van der Waals surface area (Å²) in [5, 5.41) is 14.3. The average molecular weight is 468 g/mol. The van der Waals surface area contributed by atoms with Crippen LogP contribution in [0, 0.1) is 12.4 Å². The van der Waals surface area contributed by atoms with Gasteiger partial charge in [0.05, 0.1) is 55.0 Å². The van der Waals surface area contributed by atoms with E-state index in [1.54, 1.807) is 28.9 Å². The fraction of sp³-hybridized carbons (Fsp3) is 0.217. The number of aliphatic hydroxyl groups is 1. The van der Waals surface area contributed by atoms with Gasteiger partial charge in [0.1, 0.15) is 11.5 Å². The van der Waals surface area contributed by atoms with E-state index < -0.39 is 17.8 Å². The molecule has 1 aliphatic heterocycles. The Balaban J connectivity index is 1.68. The van der Waals surface area contributed by atoms with Gasteiger partial charge in [-0.3, -0.25) is 14.3 Å². The van der Waals surface area contributed by atoms with Crippen molar-refractivity contribution in [1.82, 2.24) is 14.7 Å². The molecule has 1 unspecified atom stereocenters. The molecule has 3 N–H and O–H groups in total.